The van der Waals surface area contributed by atoms with Gasteiger partial charge in [0.05, 0.1) is 6.61 Å². The van der Waals surface area contributed by atoms with Crippen molar-refractivity contribution in [2.24, 2.45) is 11.8 Å². The van der Waals surface area contributed by atoms with Gasteiger partial charge in [-0.3, -0.25) is 0 Å². The number of carboxylic acids is 1. The molecule has 2 N–H and O–H groups in total. The molecule has 2 amide bonds. The molecular weight excluding hydrogens is 260 g/mol. The van der Waals surface area contributed by atoms with Crippen molar-refractivity contribution in [2.45, 2.75) is 39.2 Å². The van der Waals surface area contributed by atoms with Gasteiger partial charge in [-0.15, -0.1) is 0 Å². The highest BCUT2D eigenvalue weighted by Gasteiger charge is 2.27. The highest BCUT2D eigenvalue weighted by molar-refractivity contribution is 5.82. The summed E-state index contributed by atoms with van der Waals surface area (Å²) in [5, 5.41) is 11.8. The first kappa shape index (κ1) is 16.8. The second-order valence-corrected chi connectivity index (χ2v) is 5.61. The molecule has 1 fully saturated rings. The maximum atomic E-state index is 12.1. The molecule has 0 aromatic carbocycles. The van der Waals surface area contributed by atoms with Gasteiger partial charge in [0.2, 0.25) is 0 Å². The first-order valence-corrected chi connectivity index (χ1v) is 7.27. The fourth-order valence-corrected chi connectivity index (χ4v) is 2.35. The molecule has 6 heteroatoms. The summed E-state index contributed by atoms with van der Waals surface area (Å²) in [5.74, 6) is -0.739. The van der Waals surface area contributed by atoms with Gasteiger partial charge in [-0.1, -0.05) is 20.3 Å². The van der Waals surface area contributed by atoms with Crippen LogP contribution >= 0.6 is 0 Å². The van der Waals surface area contributed by atoms with Gasteiger partial charge in [0.25, 0.3) is 0 Å². The average molecular weight is 286 g/mol. The van der Waals surface area contributed by atoms with Crippen LogP contribution in [-0.4, -0.2) is 54.9 Å². The van der Waals surface area contributed by atoms with Gasteiger partial charge in [-0.2, -0.15) is 0 Å². The SMILES string of the molecule is CCC(C)C(NC(=O)N(C)CC1CCCOC1)C(=O)O. The van der Waals surface area contributed by atoms with Gasteiger partial charge in [0.15, 0.2) is 0 Å². The van der Waals surface area contributed by atoms with Crippen LogP contribution in [0.2, 0.25) is 0 Å². The molecule has 1 aliphatic heterocycles. The minimum atomic E-state index is -0.984. The molecule has 0 spiro atoms. The van der Waals surface area contributed by atoms with E-state index in [4.69, 9.17) is 4.74 Å². The zero-order valence-corrected chi connectivity index (χ0v) is 12.6. The highest BCUT2D eigenvalue weighted by Crippen LogP contribution is 2.15. The van der Waals surface area contributed by atoms with Crippen molar-refractivity contribution in [1.29, 1.82) is 0 Å². The molecule has 1 rings (SSSR count). The van der Waals surface area contributed by atoms with Gasteiger partial charge in [0.1, 0.15) is 6.04 Å². The smallest absolute Gasteiger partial charge is 0.326 e. The topological polar surface area (TPSA) is 78.9 Å². The molecule has 116 valence electrons. The standard InChI is InChI=1S/C14H26N2O4/c1-4-10(2)12(13(17)18)15-14(19)16(3)8-11-6-5-7-20-9-11/h10-12H,4-9H2,1-3H3,(H,15,19)(H,17,18). The summed E-state index contributed by atoms with van der Waals surface area (Å²) in [6.45, 7) is 5.80. The van der Waals surface area contributed by atoms with Crippen molar-refractivity contribution in [1.82, 2.24) is 10.2 Å². The van der Waals surface area contributed by atoms with E-state index in [1.807, 2.05) is 13.8 Å². The number of amides is 2. The monoisotopic (exact) mass is 286 g/mol. The number of ether oxygens (including phenoxy) is 1. The van der Waals surface area contributed by atoms with Crippen molar-refractivity contribution >= 4 is 12.0 Å². The van der Waals surface area contributed by atoms with Crippen LogP contribution in [-0.2, 0) is 9.53 Å². The lowest BCUT2D eigenvalue weighted by atomic mass is 9.99. The number of carbonyl (C=O) groups excluding carboxylic acids is 1. The Morgan fingerprint density at radius 1 is 1.50 bits per heavy atom. The van der Waals surface area contributed by atoms with Crippen molar-refractivity contribution in [3.05, 3.63) is 0 Å². The van der Waals surface area contributed by atoms with Crippen LogP contribution in [0.1, 0.15) is 33.1 Å². The van der Waals surface area contributed by atoms with E-state index < -0.39 is 12.0 Å². The lowest BCUT2D eigenvalue weighted by molar-refractivity contribution is -0.140. The maximum absolute atomic E-state index is 12.1. The van der Waals surface area contributed by atoms with E-state index in [1.54, 1.807) is 11.9 Å². The predicted octanol–water partition coefficient (Wildman–Crippen LogP) is 1.55. The number of carboxylic acid groups (broad SMARTS) is 1. The Balaban J connectivity index is 2.48. The molecule has 6 nitrogen and oxygen atoms in total. The number of urea groups is 1. The maximum Gasteiger partial charge on any atom is 0.326 e. The molecule has 3 atom stereocenters. The average Bonchev–Trinajstić information content (AvgIpc) is 2.44. The quantitative estimate of drug-likeness (QED) is 0.776. The van der Waals surface area contributed by atoms with Crippen molar-refractivity contribution in [3.8, 4) is 0 Å². The van der Waals surface area contributed by atoms with Crippen molar-refractivity contribution < 1.29 is 19.4 Å². The van der Waals surface area contributed by atoms with Gasteiger partial charge >= 0.3 is 12.0 Å². The molecule has 0 aliphatic carbocycles. The lowest BCUT2D eigenvalue weighted by Gasteiger charge is -2.29. The van der Waals surface area contributed by atoms with Crippen LogP contribution in [0.5, 0.6) is 0 Å². The largest absolute Gasteiger partial charge is 0.480 e. The summed E-state index contributed by atoms with van der Waals surface area (Å²) < 4.78 is 5.39. The number of hydrogen-bond donors (Lipinski definition) is 2. The van der Waals surface area contributed by atoms with Crippen LogP contribution in [0.3, 0.4) is 0 Å². The molecule has 0 saturated carbocycles. The summed E-state index contributed by atoms with van der Waals surface area (Å²) in [5.41, 5.74) is 0. The number of hydrogen-bond acceptors (Lipinski definition) is 3. The number of aliphatic carboxylic acids is 1. The van der Waals surface area contributed by atoms with Gasteiger partial charge in [-0.05, 0) is 18.8 Å². The van der Waals surface area contributed by atoms with E-state index in [0.29, 0.717) is 25.5 Å². The van der Waals surface area contributed by atoms with Gasteiger partial charge in [0, 0.05) is 26.1 Å². The zero-order chi connectivity index (χ0) is 15.1. The Bertz CT molecular complexity index is 329. The lowest BCUT2D eigenvalue weighted by Crippen LogP contribution is -2.50. The minimum absolute atomic E-state index is 0.0946. The minimum Gasteiger partial charge on any atom is -0.480 e. The molecule has 0 aromatic heterocycles. The summed E-state index contributed by atoms with van der Waals surface area (Å²) in [7, 11) is 1.69. The first-order valence-electron chi connectivity index (χ1n) is 7.27. The molecule has 20 heavy (non-hydrogen) atoms. The Labute approximate surface area is 120 Å². The van der Waals surface area contributed by atoms with Crippen LogP contribution in [0.25, 0.3) is 0 Å². The third kappa shape index (κ3) is 5.00. The number of nitrogens with one attached hydrogen (secondary N) is 1. The predicted molar refractivity (Wildman–Crippen MR) is 75.6 cm³/mol. The molecule has 0 aromatic rings. The van der Waals surface area contributed by atoms with E-state index >= 15 is 0 Å². The number of carbonyl (C=O) groups is 2. The zero-order valence-electron chi connectivity index (χ0n) is 12.6. The van der Waals surface area contributed by atoms with E-state index in [9.17, 15) is 14.7 Å². The first-order chi connectivity index (χ1) is 9.45. The summed E-state index contributed by atoms with van der Waals surface area (Å²) in [4.78, 5) is 24.8. The fourth-order valence-electron chi connectivity index (χ4n) is 2.35. The van der Waals surface area contributed by atoms with Gasteiger partial charge in [-0.25, -0.2) is 9.59 Å². The van der Waals surface area contributed by atoms with Crippen molar-refractivity contribution in [3.63, 3.8) is 0 Å². The van der Waals surface area contributed by atoms with Crippen LogP contribution < -0.4 is 5.32 Å². The number of rotatable bonds is 6. The normalized spacial score (nSPS) is 21.9. The molecule has 0 radical (unpaired) electrons. The Morgan fingerprint density at radius 3 is 2.70 bits per heavy atom. The van der Waals surface area contributed by atoms with Crippen LogP contribution in [0.4, 0.5) is 4.79 Å². The molecule has 3 unspecified atom stereocenters. The molecule has 1 aliphatic rings. The van der Waals surface area contributed by atoms with Crippen molar-refractivity contribution in [2.75, 3.05) is 26.8 Å². The summed E-state index contributed by atoms with van der Waals surface area (Å²) in [6.07, 6.45) is 2.77. The summed E-state index contributed by atoms with van der Waals surface area (Å²) >= 11 is 0. The Kier molecular flexibility index (Phi) is 6.78. The Morgan fingerprint density at radius 2 is 2.20 bits per heavy atom. The summed E-state index contributed by atoms with van der Waals surface area (Å²) in [6, 6.07) is -1.17. The third-order valence-electron chi connectivity index (χ3n) is 3.89. The molecule has 1 heterocycles. The molecule has 1 saturated heterocycles. The Hall–Kier alpha value is -1.30. The van der Waals surface area contributed by atoms with E-state index in [2.05, 4.69) is 5.32 Å². The number of nitrogens with zero attached hydrogens (tertiary/aromatic N) is 1. The van der Waals surface area contributed by atoms with Gasteiger partial charge < -0.3 is 20.1 Å². The fraction of sp³-hybridized carbons (Fsp3) is 0.857. The van der Waals surface area contributed by atoms with E-state index in [0.717, 1.165) is 19.4 Å². The second kappa shape index (κ2) is 8.09. The van der Waals surface area contributed by atoms with Crippen LogP contribution in [0.15, 0.2) is 0 Å². The third-order valence-corrected chi connectivity index (χ3v) is 3.89. The van der Waals surface area contributed by atoms with E-state index in [-0.39, 0.29) is 11.9 Å². The molecule has 0 bridgehead atoms. The highest BCUT2D eigenvalue weighted by atomic mass is 16.5. The van der Waals surface area contributed by atoms with E-state index in [1.165, 1.54) is 0 Å². The molecular formula is C14H26N2O4. The van der Waals surface area contributed by atoms with Crippen LogP contribution in [0, 0.1) is 11.8 Å². The second-order valence-electron chi connectivity index (χ2n) is 5.61.